The zero-order valence-corrected chi connectivity index (χ0v) is 18.6. The van der Waals surface area contributed by atoms with E-state index in [1.165, 1.54) is 6.92 Å². The number of nitrogens with zero attached hydrogens (tertiary/aromatic N) is 3. The van der Waals surface area contributed by atoms with Crippen molar-refractivity contribution in [3.05, 3.63) is 48.5 Å². The molecule has 2 amide bonds. The number of hydrogen-bond donors (Lipinski definition) is 1. The van der Waals surface area contributed by atoms with Crippen LogP contribution in [0.25, 0.3) is 17.1 Å². The summed E-state index contributed by atoms with van der Waals surface area (Å²) in [5, 5.41) is 2.73. The number of nitrogens with one attached hydrogen (secondary N) is 1. The molecule has 8 nitrogen and oxygen atoms in total. The molecule has 2 atom stereocenters. The van der Waals surface area contributed by atoms with E-state index in [9.17, 15) is 14.4 Å². The Labute approximate surface area is 186 Å². The number of imidazole rings is 1. The third-order valence-corrected chi connectivity index (χ3v) is 5.82. The van der Waals surface area contributed by atoms with E-state index in [-0.39, 0.29) is 29.9 Å². The van der Waals surface area contributed by atoms with Gasteiger partial charge in [0.2, 0.25) is 11.8 Å². The van der Waals surface area contributed by atoms with E-state index in [1.54, 1.807) is 15.5 Å². The first-order valence-electron chi connectivity index (χ1n) is 11.0. The van der Waals surface area contributed by atoms with Gasteiger partial charge in [-0.3, -0.25) is 18.8 Å². The molecular weight excluding hydrogens is 408 g/mol. The number of carbonyl (C=O) groups is 3. The summed E-state index contributed by atoms with van der Waals surface area (Å²) in [6, 6.07) is 8.66. The number of ketones is 1. The Balaban J connectivity index is 1.46. The van der Waals surface area contributed by atoms with Gasteiger partial charge in [-0.25, -0.2) is 0 Å². The number of carbonyl (C=O) groups excluding carboxylic acids is 3. The Hall–Kier alpha value is -3.42. The SMILES string of the molecule is CC(=O)N[C@H](C(=O)N1CCC[C@H]1C(=O)Cc1cn2cc(-c3ccccc3)nc2o1)C(C)C. The number of benzene rings is 1. The smallest absolute Gasteiger partial charge is 0.306 e. The van der Waals surface area contributed by atoms with Crippen LogP contribution in [0.5, 0.6) is 0 Å². The predicted molar refractivity (Wildman–Crippen MR) is 119 cm³/mol. The van der Waals surface area contributed by atoms with Crippen molar-refractivity contribution < 1.29 is 18.8 Å². The second kappa shape index (κ2) is 8.98. The van der Waals surface area contributed by atoms with Crippen LogP contribution in [0, 0.1) is 5.92 Å². The average Bonchev–Trinajstić information content (AvgIpc) is 3.46. The van der Waals surface area contributed by atoms with Crippen LogP contribution in [0.4, 0.5) is 0 Å². The van der Waals surface area contributed by atoms with Gasteiger partial charge in [0, 0.05) is 25.2 Å². The lowest BCUT2D eigenvalue weighted by Crippen LogP contribution is -2.53. The van der Waals surface area contributed by atoms with Gasteiger partial charge in [0.05, 0.1) is 24.4 Å². The fourth-order valence-electron chi connectivity index (χ4n) is 4.24. The molecule has 1 saturated heterocycles. The van der Waals surface area contributed by atoms with Gasteiger partial charge in [-0.05, 0) is 18.8 Å². The van der Waals surface area contributed by atoms with E-state index >= 15 is 0 Å². The van der Waals surface area contributed by atoms with E-state index in [4.69, 9.17) is 4.42 Å². The van der Waals surface area contributed by atoms with Crippen LogP contribution in [0.1, 0.15) is 39.4 Å². The molecule has 0 unspecified atom stereocenters. The van der Waals surface area contributed by atoms with Gasteiger partial charge in [-0.15, -0.1) is 0 Å². The summed E-state index contributed by atoms with van der Waals surface area (Å²) in [6.07, 6.45) is 5.10. The number of rotatable bonds is 7. The van der Waals surface area contributed by atoms with Crippen molar-refractivity contribution in [2.24, 2.45) is 5.92 Å². The van der Waals surface area contributed by atoms with E-state index in [0.717, 1.165) is 17.7 Å². The molecule has 0 saturated carbocycles. The predicted octanol–water partition coefficient (Wildman–Crippen LogP) is 2.86. The normalized spacial score (nSPS) is 17.1. The van der Waals surface area contributed by atoms with Crippen LogP contribution >= 0.6 is 0 Å². The molecule has 4 rings (SSSR count). The second-order valence-corrected chi connectivity index (χ2v) is 8.63. The highest BCUT2D eigenvalue weighted by Gasteiger charge is 2.38. The maximum Gasteiger partial charge on any atom is 0.306 e. The molecule has 1 N–H and O–H groups in total. The third kappa shape index (κ3) is 4.44. The fraction of sp³-hybridized carbons (Fsp3) is 0.417. The summed E-state index contributed by atoms with van der Waals surface area (Å²) in [4.78, 5) is 43.8. The molecule has 8 heteroatoms. The van der Waals surface area contributed by atoms with Crippen LogP contribution in [0.3, 0.4) is 0 Å². The number of fused-ring (bicyclic) bond motifs is 1. The molecule has 1 aliphatic heterocycles. The van der Waals surface area contributed by atoms with Crippen LogP contribution in [0.15, 0.2) is 47.1 Å². The quantitative estimate of drug-likeness (QED) is 0.614. The molecule has 0 spiro atoms. The van der Waals surface area contributed by atoms with E-state index < -0.39 is 12.1 Å². The molecule has 1 aromatic carbocycles. The lowest BCUT2D eigenvalue weighted by Gasteiger charge is -2.30. The Morgan fingerprint density at radius 1 is 1.19 bits per heavy atom. The van der Waals surface area contributed by atoms with Gasteiger partial charge in [0.1, 0.15) is 11.8 Å². The molecule has 1 aliphatic rings. The highest BCUT2D eigenvalue weighted by Crippen LogP contribution is 2.24. The van der Waals surface area contributed by atoms with Gasteiger partial charge in [0.15, 0.2) is 5.78 Å². The van der Waals surface area contributed by atoms with Gasteiger partial charge >= 0.3 is 5.84 Å². The van der Waals surface area contributed by atoms with E-state index in [1.807, 2.05) is 50.4 Å². The second-order valence-electron chi connectivity index (χ2n) is 8.63. The van der Waals surface area contributed by atoms with Crippen molar-refractivity contribution in [1.29, 1.82) is 0 Å². The summed E-state index contributed by atoms with van der Waals surface area (Å²) in [7, 11) is 0. The molecule has 3 heterocycles. The first kappa shape index (κ1) is 21.8. The standard InChI is InChI=1S/C24H28N4O4/c1-15(2)22(25-16(3)29)23(31)28-11-7-10-20(28)21(30)12-18-13-27-14-19(26-24(27)32-18)17-8-5-4-6-9-17/h4-6,8-9,13-15,20,22H,7,10-12H2,1-3H3,(H,25,29)/t20-,22-/m0/s1. The monoisotopic (exact) mass is 436 g/mol. The molecule has 2 aromatic heterocycles. The number of hydrogen-bond acceptors (Lipinski definition) is 5. The van der Waals surface area contributed by atoms with Crippen LogP contribution in [0.2, 0.25) is 0 Å². The third-order valence-electron chi connectivity index (χ3n) is 5.82. The number of aromatic nitrogens is 2. The largest absolute Gasteiger partial charge is 0.428 e. The van der Waals surface area contributed by atoms with E-state index in [2.05, 4.69) is 10.3 Å². The molecule has 32 heavy (non-hydrogen) atoms. The maximum atomic E-state index is 13.1. The van der Waals surface area contributed by atoms with Crippen molar-refractivity contribution in [2.75, 3.05) is 6.54 Å². The summed E-state index contributed by atoms with van der Waals surface area (Å²) in [6.45, 7) is 5.67. The number of oxazole rings is 1. The van der Waals surface area contributed by atoms with Gasteiger partial charge in [-0.2, -0.15) is 4.98 Å². The Kier molecular flexibility index (Phi) is 6.12. The van der Waals surface area contributed by atoms with Gasteiger partial charge in [-0.1, -0.05) is 44.2 Å². The van der Waals surface area contributed by atoms with Crippen LogP contribution in [-0.2, 0) is 20.8 Å². The first-order chi connectivity index (χ1) is 15.3. The summed E-state index contributed by atoms with van der Waals surface area (Å²) >= 11 is 0. The van der Waals surface area contributed by atoms with E-state index in [0.29, 0.717) is 24.6 Å². The lowest BCUT2D eigenvalue weighted by atomic mass is 10.0. The van der Waals surface area contributed by atoms with Crippen molar-refractivity contribution in [1.82, 2.24) is 19.6 Å². The minimum atomic E-state index is -0.635. The Bertz CT molecular complexity index is 1100. The molecule has 1 fully saturated rings. The zero-order valence-electron chi connectivity index (χ0n) is 18.6. The van der Waals surface area contributed by atoms with Gasteiger partial charge < -0.3 is 14.6 Å². The van der Waals surface area contributed by atoms with Crippen molar-refractivity contribution in [3.8, 4) is 11.3 Å². The Morgan fingerprint density at radius 2 is 1.94 bits per heavy atom. The number of likely N-dealkylation sites (tertiary alicyclic amines) is 1. The minimum absolute atomic E-state index is 0.0681. The summed E-state index contributed by atoms with van der Waals surface area (Å²) in [5.41, 5.74) is 1.79. The van der Waals surface area contributed by atoms with Crippen LogP contribution in [-0.4, -0.2) is 50.5 Å². The molecule has 168 valence electrons. The molecule has 3 aromatic rings. The summed E-state index contributed by atoms with van der Waals surface area (Å²) in [5.74, 6) is 0.344. The Morgan fingerprint density at radius 3 is 2.59 bits per heavy atom. The molecular formula is C24H28N4O4. The maximum absolute atomic E-state index is 13.1. The zero-order chi connectivity index (χ0) is 22.8. The number of Topliss-reactive ketones (excluding diaryl/α,β-unsaturated/α-hetero) is 1. The molecule has 0 bridgehead atoms. The van der Waals surface area contributed by atoms with Crippen molar-refractivity contribution in [3.63, 3.8) is 0 Å². The van der Waals surface area contributed by atoms with Gasteiger partial charge in [0.25, 0.3) is 0 Å². The highest BCUT2D eigenvalue weighted by molar-refractivity contribution is 5.93. The number of amides is 2. The lowest BCUT2D eigenvalue weighted by molar-refractivity contribution is -0.141. The average molecular weight is 437 g/mol. The minimum Gasteiger partial charge on any atom is -0.428 e. The molecule has 0 aliphatic carbocycles. The fourth-order valence-corrected chi connectivity index (χ4v) is 4.24. The van der Waals surface area contributed by atoms with Crippen molar-refractivity contribution >= 4 is 23.4 Å². The molecule has 0 radical (unpaired) electrons. The van der Waals surface area contributed by atoms with Crippen molar-refractivity contribution in [2.45, 2.75) is 52.1 Å². The summed E-state index contributed by atoms with van der Waals surface area (Å²) < 4.78 is 7.58. The first-order valence-corrected chi connectivity index (χ1v) is 11.0. The highest BCUT2D eigenvalue weighted by atomic mass is 16.4. The van der Waals surface area contributed by atoms with Crippen LogP contribution < -0.4 is 5.32 Å². The topological polar surface area (TPSA) is 96.9 Å².